The van der Waals surface area contributed by atoms with Crippen molar-refractivity contribution in [2.24, 2.45) is 15.9 Å². The summed E-state index contributed by atoms with van der Waals surface area (Å²) in [7, 11) is 0. The van der Waals surface area contributed by atoms with Gasteiger partial charge in [-0.3, -0.25) is 29.4 Å². The van der Waals surface area contributed by atoms with Gasteiger partial charge in [0.2, 0.25) is 17.2 Å². The summed E-state index contributed by atoms with van der Waals surface area (Å²) < 4.78 is 13.2. The van der Waals surface area contributed by atoms with E-state index in [9.17, 15) is 35.1 Å². The molecule has 0 bridgehead atoms. The molecule has 3 unspecified atom stereocenters. The first-order valence-corrected chi connectivity index (χ1v) is 18.7. The molecule has 1 saturated heterocycles. The highest BCUT2D eigenvalue weighted by Gasteiger charge is 2.52. The Balaban J connectivity index is 1.09. The third-order valence-corrected chi connectivity index (χ3v) is 11.8. The zero-order chi connectivity index (χ0) is 38.6. The Bertz CT molecular complexity index is 2130. The zero-order valence-electron chi connectivity index (χ0n) is 30.6. The number of rotatable bonds is 14. The van der Waals surface area contributed by atoms with Crippen LogP contribution in [-0.4, -0.2) is 117 Å². The minimum absolute atomic E-state index is 0.0118. The number of hydrogen-bond donors (Lipinski definition) is 8. The molecule has 7 heterocycles. The second kappa shape index (κ2) is 14.6. The van der Waals surface area contributed by atoms with Gasteiger partial charge < -0.3 is 40.0 Å². The second-order valence-corrected chi connectivity index (χ2v) is 15.6. The summed E-state index contributed by atoms with van der Waals surface area (Å²) >= 11 is 0. The van der Waals surface area contributed by atoms with E-state index in [2.05, 4.69) is 15.3 Å². The van der Waals surface area contributed by atoms with Crippen LogP contribution in [-0.2, 0) is 21.0 Å². The lowest BCUT2D eigenvalue weighted by atomic mass is 9.83. The molecular weight excluding hydrogens is 714 g/mol. The molecule has 6 aliphatic heterocycles. The Hall–Kier alpha value is -4.36. The normalized spacial score (nSPS) is 30.3. The Morgan fingerprint density at radius 2 is 1.98 bits per heavy atom. The summed E-state index contributed by atoms with van der Waals surface area (Å²) in [5.41, 5.74) is 0.759. The van der Waals surface area contributed by atoms with Crippen LogP contribution in [0.3, 0.4) is 0 Å². The molecular formula is C39H47N5O11+2. The topological polar surface area (TPSA) is 222 Å². The van der Waals surface area contributed by atoms with Gasteiger partial charge in [-0.05, 0) is 50.8 Å². The van der Waals surface area contributed by atoms with Crippen LogP contribution in [0.1, 0.15) is 37.5 Å². The van der Waals surface area contributed by atoms with Crippen LogP contribution in [0.15, 0.2) is 79.9 Å². The van der Waals surface area contributed by atoms with Gasteiger partial charge in [-0.25, -0.2) is 9.78 Å². The number of ether oxygens (including phenoxy) is 1. The number of carbonyl (C=O) groups excluding carboxylic acids is 1. The van der Waals surface area contributed by atoms with Crippen molar-refractivity contribution in [2.75, 3.05) is 32.8 Å². The van der Waals surface area contributed by atoms with E-state index in [0.717, 1.165) is 21.9 Å². The number of fused-ring (bicyclic) bond motifs is 4. The van der Waals surface area contributed by atoms with E-state index in [1.165, 1.54) is 6.07 Å². The lowest BCUT2D eigenvalue weighted by molar-refractivity contribution is -0.861. The van der Waals surface area contributed by atoms with Gasteiger partial charge in [-0.1, -0.05) is 0 Å². The first-order valence-electron chi connectivity index (χ1n) is 18.7. The third kappa shape index (κ3) is 6.92. The highest BCUT2D eigenvalue weighted by molar-refractivity contribution is 6.07. The molecule has 0 saturated carbocycles. The molecule has 0 spiro atoms. The van der Waals surface area contributed by atoms with Gasteiger partial charge in [0.25, 0.3) is 0 Å². The molecule has 10 atom stereocenters. The smallest absolute Gasteiger partial charge is 0.222 e. The first kappa shape index (κ1) is 37.6. The number of nitrogens with zero attached hydrogens (tertiary/aromatic N) is 2. The molecule has 8 N–H and O–H groups in total. The number of hydrogen-bond acceptors (Lipinski definition) is 13. The molecule has 1 amide bonds. The number of nitrogens with one attached hydrogen (secondary N) is 3. The van der Waals surface area contributed by atoms with Crippen molar-refractivity contribution in [3.05, 3.63) is 82.3 Å². The van der Waals surface area contributed by atoms with Crippen molar-refractivity contribution in [3.63, 3.8) is 0 Å². The van der Waals surface area contributed by atoms with E-state index >= 15 is 0 Å². The lowest BCUT2D eigenvalue weighted by Gasteiger charge is -2.42. The van der Waals surface area contributed by atoms with Gasteiger partial charge in [0, 0.05) is 49.5 Å². The molecule has 16 nitrogen and oxygen atoms in total. The van der Waals surface area contributed by atoms with Crippen LogP contribution < -0.4 is 25.3 Å². The van der Waals surface area contributed by atoms with E-state index in [-0.39, 0.29) is 36.3 Å². The summed E-state index contributed by atoms with van der Waals surface area (Å²) in [5.74, 6) is 1.06. The zero-order valence-corrected chi connectivity index (χ0v) is 30.6. The molecule has 1 fully saturated rings. The molecule has 1 aromatic carbocycles. The quantitative estimate of drug-likeness (QED) is 0.0775. The molecule has 6 aliphatic rings. The first-order chi connectivity index (χ1) is 26.4. The number of carbonyl (C=O) groups is 1. The molecule has 55 heavy (non-hydrogen) atoms. The summed E-state index contributed by atoms with van der Waals surface area (Å²) in [6.07, 6.45) is 8.06. The fourth-order valence-electron chi connectivity index (χ4n) is 8.49. The van der Waals surface area contributed by atoms with E-state index < -0.39 is 48.8 Å². The van der Waals surface area contributed by atoms with Crippen molar-refractivity contribution in [1.82, 2.24) is 5.32 Å². The number of quaternary nitrogens is 2. The maximum atomic E-state index is 13.4. The SMILES string of the molecule is Cc1cc(=O)c2cc3c(c([NH+]4C=C5C=CN=C5C4)c2o1)O[C@](C)(CC[C@@H]1CNC(=O)C1)[C@H](OOC[C@H](O)[C@](O)(C[NH+]1C=CC2=NC=CC21)[C@H](O)[C@H](O)CO)C3. The minimum atomic E-state index is -2.36. The average Bonchev–Trinajstić information content (AvgIpc) is 4.00. The highest BCUT2D eigenvalue weighted by atomic mass is 17.2. The minimum Gasteiger partial charge on any atom is -0.478 e. The summed E-state index contributed by atoms with van der Waals surface area (Å²) in [5, 5.41) is 57.6. The van der Waals surface area contributed by atoms with E-state index in [0.29, 0.717) is 71.0 Å². The Kier molecular flexibility index (Phi) is 9.98. The number of aliphatic imine (C=N–C) groups is 2. The predicted molar refractivity (Wildman–Crippen MR) is 197 cm³/mol. The van der Waals surface area contributed by atoms with Crippen molar-refractivity contribution < 1.29 is 59.1 Å². The van der Waals surface area contributed by atoms with Crippen molar-refractivity contribution in [2.45, 2.75) is 81.2 Å². The van der Waals surface area contributed by atoms with Crippen molar-refractivity contribution in [3.8, 4) is 5.75 Å². The number of benzene rings is 1. The van der Waals surface area contributed by atoms with Crippen LogP contribution in [0, 0.1) is 12.8 Å². The summed E-state index contributed by atoms with van der Waals surface area (Å²) in [6, 6.07) is 2.94. The number of aliphatic hydroxyl groups excluding tert-OH is 4. The number of amides is 1. The number of allylic oxidation sites excluding steroid dienone is 1. The molecule has 0 aliphatic carbocycles. The van der Waals surface area contributed by atoms with E-state index in [4.69, 9.17) is 18.9 Å². The molecule has 16 heteroatoms. The van der Waals surface area contributed by atoms with Gasteiger partial charge >= 0.3 is 0 Å². The maximum absolute atomic E-state index is 13.4. The summed E-state index contributed by atoms with van der Waals surface area (Å²) in [4.78, 5) is 47.6. The standard InChI is InChI=1S/C39H45N5O11/c1-21-11-29(46)25-13-24-14-32(55-52-19-31(48)39(51,37(50)30(47)18-45)20-43-10-6-26-28(43)5-9-40-26)38(2,7-3-22-12-33(49)42-15-22)54-35(24)34(36(25)53-21)44-16-23-4-8-41-27(23)17-44/h4-6,8-11,13,16,22,28,30-32,37,45,47-48,50-51H,3,7,12,14-15,17-20H2,1-2H3,(H,42,49)/p+2/t22-,28?,30+,31-,32+,37+,38+,39+/m0/s1. The number of aryl methyl sites for hydroxylation is 1. The van der Waals surface area contributed by atoms with Gasteiger partial charge in [0.05, 0.1) is 23.8 Å². The molecule has 1 aromatic heterocycles. The van der Waals surface area contributed by atoms with Gasteiger partial charge in [0.1, 0.15) is 73.1 Å². The van der Waals surface area contributed by atoms with Crippen LogP contribution in [0.5, 0.6) is 5.75 Å². The third-order valence-electron chi connectivity index (χ3n) is 11.8. The number of aliphatic hydroxyl groups is 5. The fourth-order valence-corrected chi connectivity index (χ4v) is 8.49. The molecule has 0 radical (unpaired) electrons. The Morgan fingerprint density at radius 3 is 2.75 bits per heavy atom. The Labute approximate surface area is 315 Å². The summed E-state index contributed by atoms with van der Waals surface area (Å²) in [6.45, 7) is 2.93. The van der Waals surface area contributed by atoms with Crippen LogP contribution >= 0.6 is 0 Å². The second-order valence-electron chi connectivity index (χ2n) is 15.6. The Morgan fingerprint density at radius 1 is 1.15 bits per heavy atom. The van der Waals surface area contributed by atoms with Gasteiger partial charge in [-0.15, -0.1) is 0 Å². The molecule has 8 rings (SSSR count). The molecule has 2 aromatic rings. The van der Waals surface area contributed by atoms with Crippen molar-refractivity contribution >= 4 is 34.0 Å². The fraction of sp³-hybridized carbons (Fsp3) is 0.487. The van der Waals surface area contributed by atoms with Crippen LogP contribution in [0.25, 0.3) is 11.0 Å². The van der Waals surface area contributed by atoms with Crippen molar-refractivity contribution in [1.29, 1.82) is 0 Å². The van der Waals surface area contributed by atoms with Crippen LogP contribution in [0.4, 0.5) is 5.69 Å². The van der Waals surface area contributed by atoms with Gasteiger partial charge in [-0.2, -0.15) is 0 Å². The van der Waals surface area contributed by atoms with E-state index in [1.807, 2.05) is 25.3 Å². The van der Waals surface area contributed by atoms with Crippen LogP contribution in [0.2, 0.25) is 0 Å². The van der Waals surface area contributed by atoms with E-state index in [1.54, 1.807) is 37.7 Å². The average molecular weight is 762 g/mol. The largest absolute Gasteiger partial charge is 0.478 e. The maximum Gasteiger partial charge on any atom is 0.222 e. The monoisotopic (exact) mass is 761 g/mol. The lowest BCUT2D eigenvalue weighted by Crippen LogP contribution is -3.13. The predicted octanol–water partition coefficient (Wildman–Crippen LogP) is -2.03. The van der Waals surface area contributed by atoms with Gasteiger partial charge in [0.15, 0.2) is 22.8 Å². The highest BCUT2D eigenvalue weighted by Crippen LogP contribution is 2.45. The molecule has 292 valence electrons.